The molecule has 11 heteroatoms. The van der Waals surface area contributed by atoms with Gasteiger partial charge in [-0.15, -0.1) is 0 Å². The van der Waals surface area contributed by atoms with Crippen molar-refractivity contribution in [2.75, 3.05) is 11.4 Å². The maximum Gasteiger partial charge on any atom is 0.252 e. The van der Waals surface area contributed by atoms with Crippen molar-refractivity contribution in [2.45, 2.75) is 25.6 Å². The third-order valence-electron chi connectivity index (χ3n) is 6.16. The zero-order valence-electron chi connectivity index (χ0n) is 20.1. The number of amides is 1. The summed E-state index contributed by atoms with van der Waals surface area (Å²) in [6.45, 7) is 2.49. The van der Waals surface area contributed by atoms with Gasteiger partial charge in [0.1, 0.15) is 17.9 Å². The Morgan fingerprint density at radius 2 is 2.03 bits per heavy atom. The summed E-state index contributed by atoms with van der Waals surface area (Å²) in [6.07, 6.45) is 6.04. The number of fused-ring (bicyclic) bond motifs is 2. The number of imidazole rings is 1. The summed E-state index contributed by atoms with van der Waals surface area (Å²) in [7, 11) is 0. The molecule has 5 aromatic rings. The number of pyridine rings is 2. The number of alkyl halides is 1. The standard InChI is InChI=1S/C26H23FN8O2/c1-26(2,37)23(27)15-34(20-5-6-30-14-19(20)25(29)36)18-10-22(33-8-7-31-24(33)11-18)21-4-3-17-9-16(12-28)13-32-35(17)21/h3-11,13-14,23,37H,15H2,1-2H3,(H2,29,36)/t23-/m1/s1. The van der Waals surface area contributed by atoms with Crippen molar-refractivity contribution in [3.05, 3.63) is 78.5 Å². The maximum atomic E-state index is 15.3. The minimum absolute atomic E-state index is 0.106. The quantitative estimate of drug-likeness (QED) is 0.351. The molecule has 1 atom stereocenters. The van der Waals surface area contributed by atoms with E-state index in [1.54, 1.807) is 40.0 Å². The van der Waals surface area contributed by atoms with Gasteiger partial charge in [0.05, 0.1) is 52.1 Å². The fraction of sp³-hybridized carbons (Fsp3) is 0.192. The second kappa shape index (κ2) is 9.00. The number of aromatic nitrogens is 5. The number of aliphatic hydroxyl groups is 1. The first-order chi connectivity index (χ1) is 17.7. The molecule has 0 radical (unpaired) electrons. The van der Waals surface area contributed by atoms with Crippen molar-refractivity contribution >= 4 is 28.4 Å². The highest BCUT2D eigenvalue weighted by Gasteiger charge is 2.31. The predicted octanol–water partition coefficient (Wildman–Crippen LogP) is 3.26. The van der Waals surface area contributed by atoms with Crippen molar-refractivity contribution in [3.63, 3.8) is 0 Å². The number of primary amides is 1. The van der Waals surface area contributed by atoms with Gasteiger partial charge in [0.15, 0.2) is 0 Å². The molecular formula is C26H23FN8O2. The number of rotatable bonds is 7. The first-order valence-electron chi connectivity index (χ1n) is 11.4. The van der Waals surface area contributed by atoms with Crippen LogP contribution in [0, 0.1) is 11.3 Å². The van der Waals surface area contributed by atoms with E-state index in [-0.39, 0.29) is 12.1 Å². The van der Waals surface area contributed by atoms with Crippen LogP contribution in [0.1, 0.15) is 29.8 Å². The lowest BCUT2D eigenvalue weighted by atomic mass is 10.0. The van der Waals surface area contributed by atoms with E-state index in [0.717, 1.165) is 5.52 Å². The van der Waals surface area contributed by atoms with E-state index in [1.807, 2.05) is 22.6 Å². The molecule has 0 unspecified atom stereocenters. The Bertz CT molecular complexity index is 1680. The molecule has 5 rings (SSSR count). The number of hydrogen-bond acceptors (Lipinski definition) is 7. The molecule has 1 amide bonds. The minimum Gasteiger partial charge on any atom is -0.387 e. The lowest BCUT2D eigenvalue weighted by Crippen LogP contribution is -2.41. The number of halogens is 1. The topological polar surface area (TPSA) is 138 Å². The molecule has 10 nitrogen and oxygen atoms in total. The van der Waals surface area contributed by atoms with E-state index in [1.165, 1.54) is 32.4 Å². The van der Waals surface area contributed by atoms with Crippen LogP contribution >= 0.6 is 0 Å². The van der Waals surface area contributed by atoms with Gasteiger partial charge in [-0.05, 0) is 44.2 Å². The van der Waals surface area contributed by atoms with Crippen molar-refractivity contribution in [1.29, 1.82) is 5.26 Å². The summed E-state index contributed by atoms with van der Waals surface area (Å²) in [4.78, 5) is 22.2. The Morgan fingerprint density at radius 1 is 1.22 bits per heavy atom. The highest BCUT2D eigenvalue weighted by Crippen LogP contribution is 2.34. The third kappa shape index (κ3) is 4.34. The van der Waals surface area contributed by atoms with Crippen LogP contribution in [0.3, 0.4) is 0 Å². The molecule has 0 fully saturated rings. The number of carbonyl (C=O) groups is 1. The molecule has 0 aliphatic rings. The molecule has 0 spiro atoms. The molecule has 37 heavy (non-hydrogen) atoms. The van der Waals surface area contributed by atoms with E-state index < -0.39 is 17.7 Å². The zero-order valence-corrected chi connectivity index (χ0v) is 20.1. The lowest BCUT2D eigenvalue weighted by molar-refractivity contribution is 0.00145. The molecule has 0 aliphatic carbocycles. The molecular weight excluding hydrogens is 475 g/mol. The lowest BCUT2D eigenvalue weighted by Gasteiger charge is -2.32. The summed E-state index contributed by atoms with van der Waals surface area (Å²) < 4.78 is 18.8. The monoisotopic (exact) mass is 498 g/mol. The van der Waals surface area contributed by atoms with Crippen molar-refractivity contribution in [3.8, 4) is 17.5 Å². The van der Waals surface area contributed by atoms with Gasteiger partial charge in [0.25, 0.3) is 5.91 Å². The number of nitriles is 1. The maximum absolute atomic E-state index is 15.3. The molecule has 0 saturated carbocycles. The average Bonchev–Trinajstić information content (AvgIpc) is 3.52. The SMILES string of the molecule is CC(C)(O)[C@H](F)CN(c1cc(-c2ccc3cc(C#N)cnn23)n2ccnc2c1)c1ccncc1C(N)=O. The fourth-order valence-electron chi connectivity index (χ4n) is 4.16. The second-order valence-corrected chi connectivity index (χ2v) is 9.15. The van der Waals surface area contributed by atoms with Crippen molar-refractivity contribution < 1.29 is 14.3 Å². The molecule has 5 heterocycles. The number of carbonyl (C=O) groups excluding carboxylic acids is 1. The summed E-state index contributed by atoms with van der Waals surface area (Å²) in [5.41, 5.74) is 8.04. The summed E-state index contributed by atoms with van der Waals surface area (Å²) in [5, 5.41) is 24.0. The van der Waals surface area contributed by atoms with E-state index in [9.17, 15) is 15.2 Å². The zero-order chi connectivity index (χ0) is 26.3. The van der Waals surface area contributed by atoms with Crippen LogP contribution < -0.4 is 10.6 Å². The highest BCUT2D eigenvalue weighted by atomic mass is 19.1. The van der Waals surface area contributed by atoms with E-state index >= 15 is 4.39 Å². The molecule has 0 saturated heterocycles. The van der Waals surface area contributed by atoms with Gasteiger partial charge in [-0.25, -0.2) is 13.9 Å². The molecule has 0 bridgehead atoms. The first-order valence-corrected chi connectivity index (χ1v) is 11.4. The van der Waals surface area contributed by atoms with Gasteiger partial charge >= 0.3 is 0 Å². The third-order valence-corrected chi connectivity index (χ3v) is 6.16. The van der Waals surface area contributed by atoms with Crippen molar-refractivity contribution in [1.82, 2.24) is 24.0 Å². The summed E-state index contributed by atoms with van der Waals surface area (Å²) in [6, 6.07) is 12.7. The van der Waals surface area contributed by atoms with Crippen LogP contribution in [-0.4, -0.2) is 53.3 Å². The Hall–Kier alpha value is -4.82. The Morgan fingerprint density at radius 3 is 2.76 bits per heavy atom. The average molecular weight is 499 g/mol. The predicted molar refractivity (Wildman–Crippen MR) is 135 cm³/mol. The van der Waals surface area contributed by atoms with Gasteiger partial charge in [-0.1, -0.05) is 0 Å². The summed E-state index contributed by atoms with van der Waals surface area (Å²) >= 11 is 0. The van der Waals surface area contributed by atoms with Crippen LogP contribution in [0.5, 0.6) is 0 Å². The number of nitrogens with two attached hydrogens (primary N) is 1. The summed E-state index contributed by atoms with van der Waals surface area (Å²) in [5.74, 6) is -0.719. The van der Waals surface area contributed by atoms with Crippen LogP contribution in [0.15, 0.2) is 67.4 Å². The first kappa shape index (κ1) is 23.9. The van der Waals surface area contributed by atoms with Crippen LogP contribution in [0.25, 0.3) is 22.6 Å². The second-order valence-electron chi connectivity index (χ2n) is 9.15. The van der Waals surface area contributed by atoms with Gasteiger partial charge < -0.3 is 15.7 Å². The van der Waals surface area contributed by atoms with E-state index in [2.05, 4.69) is 21.1 Å². The van der Waals surface area contributed by atoms with Gasteiger partial charge in [-0.3, -0.25) is 14.2 Å². The fourth-order valence-corrected chi connectivity index (χ4v) is 4.16. The highest BCUT2D eigenvalue weighted by molar-refractivity contribution is 5.99. The smallest absolute Gasteiger partial charge is 0.252 e. The van der Waals surface area contributed by atoms with Gasteiger partial charge in [-0.2, -0.15) is 10.4 Å². The van der Waals surface area contributed by atoms with E-state index in [0.29, 0.717) is 34.0 Å². The number of hydrogen-bond donors (Lipinski definition) is 2. The minimum atomic E-state index is -1.68. The van der Waals surface area contributed by atoms with Gasteiger partial charge in [0.2, 0.25) is 0 Å². The van der Waals surface area contributed by atoms with Crippen LogP contribution in [0.4, 0.5) is 15.8 Å². The Balaban J connectivity index is 1.74. The Kier molecular flexibility index (Phi) is 5.81. The Labute approximate surface area is 211 Å². The molecule has 5 aromatic heterocycles. The van der Waals surface area contributed by atoms with Crippen molar-refractivity contribution in [2.24, 2.45) is 5.73 Å². The largest absolute Gasteiger partial charge is 0.387 e. The molecule has 0 aromatic carbocycles. The number of nitrogens with zero attached hydrogens (tertiary/aromatic N) is 7. The number of anilines is 2. The molecule has 186 valence electrons. The van der Waals surface area contributed by atoms with Gasteiger partial charge in [0, 0.05) is 36.5 Å². The molecule has 0 aliphatic heterocycles. The van der Waals surface area contributed by atoms with Crippen LogP contribution in [-0.2, 0) is 0 Å². The van der Waals surface area contributed by atoms with E-state index in [4.69, 9.17) is 5.73 Å². The molecule has 3 N–H and O–H groups in total. The van der Waals surface area contributed by atoms with Crippen LogP contribution in [0.2, 0.25) is 0 Å². The normalized spacial score (nSPS) is 12.5.